The predicted octanol–water partition coefficient (Wildman–Crippen LogP) is 3.69. The summed E-state index contributed by atoms with van der Waals surface area (Å²) in [6.45, 7) is 9.38. The van der Waals surface area contributed by atoms with E-state index < -0.39 is 0 Å². The Bertz CT molecular complexity index is 458. The Kier molecular flexibility index (Phi) is 4.57. The van der Waals surface area contributed by atoms with E-state index in [1.807, 2.05) is 26.8 Å². The van der Waals surface area contributed by atoms with Gasteiger partial charge in [0.05, 0.1) is 5.92 Å². The van der Waals surface area contributed by atoms with E-state index in [-0.39, 0.29) is 17.1 Å². The van der Waals surface area contributed by atoms with Crippen LogP contribution in [0, 0.1) is 5.92 Å². The Morgan fingerprint density at radius 3 is 2.61 bits per heavy atom. The van der Waals surface area contributed by atoms with Crippen LogP contribution in [0.25, 0.3) is 0 Å². The highest BCUT2D eigenvalue weighted by Gasteiger charge is 2.19. The summed E-state index contributed by atoms with van der Waals surface area (Å²) in [6, 6.07) is 1.82. The summed E-state index contributed by atoms with van der Waals surface area (Å²) in [5.41, 5.74) is -0.0902. The molecule has 0 amide bonds. The summed E-state index contributed by atoms with van der Waals surface area (Å²) >= 11 is 5.99. The van der Waals surface area contributed by atoms with Crippen LogP contribution >= 0.6 is 11.6 Å². The molecule has 18 heavy (non-hydrogen) atoms. The summed E-state index contributed by atoms with van der Waals surface area (Å²) in [5, 5.41) is 7.25. The summed E-state index contributed by atoms with van der Waals surface area (Å²) < 4.78 is 5.22. The summed E-state index contributed by atoms with van der Waals surface area (Å²) in [4.78, 5) is 11.1. The lowest BCUT2D eigenvalue weighted by molar-refractivity contribution is -0.119. The van der Waals surface area contributed by atoms with Crippen LogP contribution in [0.2, 0.25) is 0 Å². The molecule has 0 aliphatic rings. The fraction of sp³-hybridized carbons (Fsp3) is 0.538. The molecule has 1 aromatic rings. The quantitative estimate of drug-likeness (QED) is 0.907. The second-order valence-electron chi connectivity index (χ2n) is 5.33. The number of allylic oxidation sites excluding steroid dienone is 1. The first-order valence-electron chi connectivity index (χ1n) is 5.81. The van der Waals surface area contributed by atoms with E-state index in [9.17, 15) is 4.79 Å². The molecule has 1 aromatic heterocycles. The molecule has 5 heteroatoms. The van der Waals surface area contributed by atoms with Crippen LogP contribution in [0.4, 0.5) is 5.82 Å². The number of carbonyl (C=O) groups is 1. The van der Waals surface area contributed by atoms with Crippen molar-refractivity contribution in [2.24, 2.45) is 5.92 Å². The van der Waals surface area contributed by atoms with E-state index in [4.69, 9.17) is 16.1 Å². The molecular formula is C13H19ClN2O2. The van der Waals surface area contributed by atoms with Crippen molar-refractivity contribution in [2.75, 3.05) is 5.32 Å². The van der Waals surface area contributed by atoms with E-state index in [1.54, 1.807) is 13.1 Å². The molecule has 1 unspecified atom stereocenters. The van der Waals surface area contributed by atoms with Crippen molar-refractivity contribution in [2.45, 2.75) is 40.0 Å². The van der Waals surface area contributed by atoms with Crippen LogP contribution < -0.4 is 5.32 Å². The van der Waals surface area contributed by atoms with Crippen molar-refractivity contribution < 1.29 is 9.32 Å². The van der Waals surface area contributed by atoms with Gasteiger partial charge in [0.2, 0.25) is 0 Å². The van der Waals surface area contributed by atoms with E-state index >= 15 is 0 Å². The number of hydrogen-bond acceptors (Lipinski definition) is 4. The van der Waals surface area contributed by atoms with Crippen LogP contribution in [0.3, 0.4) is 0 Å². The minimum Gasteiger partial charge on any atom is -0.359 e. The van der Waals surface area contributed by atoms with Crippen LogP contribution in [-0.2, 0) is 10.2 Å². The molecule has 4 nitrogen and oxygen atoms in total. The second kappa shape index (κ2) is 5.57. The van der Waals surface area contributed by atoms with Gasteiger partial charge in [0, 0.05) is 22.7 Å². The lowest BCUT2D eigenvalue weighted by Gasteiger charge is -2.12. The SMILES string of the molecule is CC(=O)C(C)/C(Cl)=C\Nc1cc(C(C)(C)C)on1. The van der Waals surface area contributed by atoms with Crippen molar-refractivity contribution in [3.05, 3.63) is 23.1 Å². The molecule has 0 spiro atoms. The molecule has 100 valence electrons. The molecule has 0 aromatic carbocycles. The third kappa shape index (κ3) is 3.88. The first-order chi connectivity index (χ1) is 8.21. The number of hydrogen-bond donors (Lipinski definition) is 1. The normalized spacial score (nSPS) is 14.4. The molecule has 1 N–H and O–H groups in total. The lowest BCUT2D eigenvalue weighted by Crippen LogP contribution is -2.09. The zero-order valence-corrected chi connectivity index (χ0v) is 12.1. The molecule has 1 rings (SSSR count). The molecule has 0 saturated carbocycles. The molecule has 1 atom stereocenters. The third-order valence-corrected chi connectivity index (χ3v) is 3.07. The number of nitrogens with zero attached hydrogens (tertiary/aromatic N) is 1. The fourth-order valence-electron chi connectivity index (χ4n) is 1.16. The van der Waals surface area contributed by atoms with Crippen molar-refractivity contribution in [1.29, 1.82) is 0 Å². The van der Waals surface area contributed by atoms with E-state index in [2.05, 4.69) is 10.5 Å². The topological polar surface area (TPSA) is 55.1 Å². The van der Waals surface area contributed by atoms with Gasteiger partial charge in [-0.2, -0.15) is 0 Å². The predicted molar refractivity (Wildman–Crippen MR) is 72.6 cm³/mol. The minimum atomic E-state index is -0.312. The smallest absolute Gasteiger partial charge is 0.173 e. The molecule has 0 fully saturated rings. The number of Topliss-reactive ketones (excluding diaryl/α,β-unsaturated/α-hetero) is 1. The Labute approximate surface area is 112 Å². The Balaban J connectivity index is 2.72. The standard InChI is InChI=1S/C13H19ClN2O2/c1-8(9(2)17)10(14)7-15-12-6-11(18-16-12)13(3,4)5/h6-8H,1-5H3,(H,15,16)/b10-7+. The number of rotatable bonds is 4. The summed E-state index contributed by atoms with van der Waals surface area (Å²) in [7, 11) is 0. The van der Waals surface area contributed by atoms with Gasteiger partial charge in [0.25, 0.3) is 0 Å². The highest BCUT2D eigenvalue weighted by atomic mass is 35.5. The van der Waals surface area contributed by atoms with Crippen LogP contribution in [-0.4, -0.2) is 10.9 Å². The lowest BCUT2D eigenvalue weighted by atomic mass is 9.93. The molecule has 0 aliphatic carbocycles. The molecular weight excluding hydrogens is 252 g/mol. The maximum absolute atomic E-state index is 11.1. The number of ketones is 1. The largest absolute Gasteiger partial charge is 0.359 e. The van der Waals surface area contributed by atoms with Gasteiger partial charge in [0.15, 0.2) is 5.82 Å². The highest BCUT2D eigenvalue weighted by Crippen LogP contribution is 2.24. The number of nitrogens with one attached hydrogen (secondary N) is 1. The molecule has 0 aliphatic heterocycles. The van der Waals surface area contributed by atoms with Gasteiger partial charge in [-0.05, 0) is 6.92 Å². The maximum Gasteiger partial charge on any atom is 0.173 e. The third-order valence-electron chi connectivity index (χ3n) is 2.63. The first kappa shape index (κ1) is 14.8. The van der Waals surface area contributed by atoms with Gasteiger partial charge in [0.1, 0.15) is 11.5 Å². The summed E-state index contributed by atoms with van der Waals surface area (Å²) in [6.07, 6.45) is 1.57. The minimum absolute atomic E-state index is 0.0218. The summed E-state index contributed by atoms with van der Waals surface area (Å²) in [5.74, 6) is 1.07. The van der Waals surface area contributed by atoms with Crippen molar-refractivity contribution in [3.8, 4) is 0 Å². The van der Waals surface area contributed by atoms with Crippen LogP contribution in [0.15, 0.2) is 21.8 Å². The number of halogens is 1. The molecule has 0 saturated heterocycles. The molecule has 0 radical (unpaired) electrons. The van der Waals surface area contributed by atoms with Crippen molar-refractivity contribution >= 4 is 23.2 Å². The molecule has 0 bridgehead atoms. The average Bonchev–Trinajstić information content (AvgIpc) is 2.72. The number of anilines is 1. The average molecular weight is 271 g/mol. The Morgan fingerprint density at radius 1 is 1.56 bits per heavy atom. The fourth-order valence-corrected chi connectivity index (χ4v) is 1.37. The van der Waals surface area contributed by atoms with Crippen molar-refractivity contribution in [1.82, 2.24) is 5.16 Å². The monoisotopic (exact) mass is 270 g/mol. The van der Waals surface area contributed by atoms with Crippen LogP contribution in [0.1, 0.15) is 40.4 Å². The van der Waals surface area contributed by atoms with E-state index in [0.29, 0.717) is 10.9 Å². The maximum atomic E-state index is 11.1. The van der Waals surface area contributed by atoms with Gasteiger partial charge in [-0.1, -0.05) is 44.5 Å². The highest BCUT2D eigenvalue weighted by molar-refractivity contribution is 6.31. The second-order valence-corrected chi connectivity index (χ2v) is 5.77. The van der Waals surface area contributed by atoms with Gasteiger partial charge in [-0.15, -0.1) is 0 Å². The Hall–Kier alpha value is -1.29. The van der Waals surface area contributed by atoms with Gasteiger partial charge in [-0.25, -0.2) is 0 Å². The number of aromatic nitrogens is 1. The zero-order chi connectivity index (χ0) is 13.9. The molecule has 1 heterocycles. The van der Waals surface area contributed by atoms with Crippen molar-refractivity contribution in [3.63, 3.8) is 0 Å². The Morgan fingerprint density at radius 2 is 2.17 bits per heavy atom. The van der Waals surface area contributed by atoms with Gasteiger partial charge in [-0.3, -0.25) is 4.79 Å². The first-order valence-corrected chi connectivity index (χ1v) is 6.19. The van der Waals surface area contributed by atoms with E-state index in [0.717, 1.165) is 5.76 Å². The van der Waals surface area contributed by atoms with E-state index in [1.165, 1.54) is 6.92 Å². The van der Waals surface area contributed by atoms with Gasteiger partial charge < -0.3 is 9.84 Å². The zero-order valence-electron chi connectivity index (χ0n) is 11.4. The number of carbonyl (C=O) groups excluding carboxylic acids is 1. The van der Waals surface area contributed by atoms with Crippen LogP contribution in [0.5, 0.6) is 0 Å². The van der Waals surface area contributed by atoms with Gasteiger partial charge >= 0.3 is 0 Å².